The minimum absolute atomic E-state index is 0.262. The fraction of sp³-hybridized carbons (Fsp3) is 0.375. The minimum Gasteiger partial charge on any atom is -0.393 e. The van der Waals surface area contributed by atoms with Gasteiger partial charge in [-0.25, -0.2) is 4.98 Å². The van der Waals surface area contributed by atoms with Crippen LogP contribution in [0.1, 0.15) is 6.92 Å². The normalized spacial score (nSPS) is 12.9. The summed E-state index contributed by atoms with van der Waals surface area (Å²) < 4.78 is 0. The van der Waals surface area contributed by atoms with Crippen LogP contribution in [0.15, 0.2) is 29.4 Å². The highest BCUT2D eigenvalue weighted by Crippen LogP contribution is 2.14. The lowest BCUT2D eigenvalue weighted by Crippen LogP contribution is -2.02. The van der Waals surface area contributed by atoms with Crippen LogP contribution in [0, 0.1) is 0 Å². The standard InChI is InChI=1S/C8H11NOS/c1-7(10)6-11-8-4-2-3-5-9-8/h2-5,7,10H,6H2,1H3/t7-/m0/s1. The molecule has 1 rings (SSSR count). The van der Waals surface area contributed by atoms with E-state index < -0.39 is 0 Å². The zero-order valence-corrected chi connectivity index (χ0v) is 7.21. The van der Waals surface area contributed by atoms with E-state index in [1.807, 2.05) is 18.2 Å². The van der Waals surface area contributed by atoms with E-state index in [0.29, 0.717) is 5.75 Å². The molecule has 60 valence electrons. The van der Waals surface area contributed by atoms with E-state index in [0.717, 1.165) is 5.03 Å². The van der Waals surface area contributed by atoms with Gasteiger partial charge in [0.2, 0.25) is 0 Å². The number of aromatic nitrogens is 1. The Morgan fingerprint density at radius 3 is 3.00 bits per heavy atom. The fourth-order valence-electron chi connectivity index (χ4n) is 0.638. The molecule has 0 saturated carbocycles. The number of pyridine rings is 1. The summed E-state index contributed by atoms with van der Waals surface area (Å²) in [4.78, 5) is 4.10. The Balaban J connectivity index is 2.39. The highest BCUT2D eigenvalue weighted by atomic mass is 32.2. The molecule has 1 aromatic heterocycles. The Bertz CT molecular complexity index is 201. The van der Waals surface area contributed by atoms with Crippen LogP contribution in [0.3, 0.4) is 0 Å². The molecule has 2 nitrogen and oxygen atoms in total. The molecule has 0 fully saturated rings. The highest BCUT2D eigenvalue weighted by Gasteiger charge is 1.97. The Morgan fingerprint density at radius 2 is 2.45 bits per heavy atom. The van der Waals surface area contributed by atoms with Gasteiger partial charge in [-0.3, -0.25) is 0 Å². The van der Waals surface area contributed by atoms with Crippen molar-refractivity contribution in [1.82, 2.24) is 4.98 Å². The van der Waals surface area contributed by atoms with Gasteiger partial charge < -0.3 is 5.11 Å². The predicted molar refractivity (Wildman–Crippen MR) is 46.6 cm³/mol. The summed E-state index contributed by atoms with van der Waals surface area (Å²) in [5, 5.41) is 9.93. The molecule has 0 aliphatic heterocycles. The summed E-state index contributed by atoms with van der Waals surface area (Å²) in [5.74, 6) is 0.705. The number of hydrogen-bond donors (Lipinski definition) is 1. The van der Waals surface area contributed by atoms with E-state index in [9.17, 15) is 0 Å². The van der Waals surface area contributed by atoms with Gasteiger partial charge in [0.15, 0.2) is 0 Å². The summed E-state index contributed by atoms with van der Waals surface area (Å²) in [5.41, 5.74) is 0. The summed E-state index contributed by atoms with van der Waals surface area (Å²) in [6, 6.07) is 5.76. The van der Waals surface area contributed by atoms with Gasteiger partial charge in [0.1, 0.15) is 0 Å². The maximum absolute atomic E-state index is 8.97. The van der Waals surface area contributed by atoms with E-state index >= 15 is 0 Å². The van der Waals surface area contributed by atoms with Crippen LogP contribution >= 0.6 is 11.8 Å². The first-order valence-electron chi connectivity index (χ1n) is 3.51. The molecule has 11 heavy (non-hydrogen) atoms. The van der Waals surface area contributed by atoms with Gasteiger partial charge >= 0.3 is 0 Å². The molecule has 0 saturated heterocycles. The first-order chi connectivity index (χ1) is 5.29. The molecule has 0 unspecified atom stereocenters. The molecular formula is C8H11NOS. The molecule has 0 bridgehead atoms. The molecule has 0 aliphatic rings. The van der Waals surface area contributed by atoms with Crippen molar-refractivity contribution in [3.8, 4) is 0 Å². The molecule has 0 aliphatic carbocycles. The van der Waals surface area contributed by atoms with Crippen molar-refractivity contribution in [1.29, 1.82) is 0 Å². The van der Waals surface area contributed by atoms with Crippen LogP contribution in [0.25, 0.3) is 0 Å². The van der Waals surface area contributed by atoms with Gasteiger partial charge in [0, 0.05) is 11.9 Å². The van der Waals surface area contributed by atoms with Gasteiger partial charge in [-0.1, -0.05) is 6.07 Å². The van der Waals surface area contributed by atoms with Gasteiger partial charge in [0.25, 0.3) is 0 Å². The van der Waals surface area contributed by atoms with Gasteiger partial charge in [-0.15, -0.1) is 11.8 Å². The minimum atomic E-state index is -0.262. The van der Waals surface area contributed by atoms with E-state index in [4.69, 9.17) is 5.11 Å². The quantitative estimate of drug-likeness (QED) is 0.697. The lowest BCUT2D eigenvalue weighted by Gasteiger charge is -2.01. The van der Waals surface area contributed by atoms with Crippen LogP contribution in [-0.4, -0.2) is 21.9 Å². The van der Waals surface area contributed by atoms with Crippen molar-refractivity contribution in [2.45, 2.75) is 18.1 Å². The Hall–Kier alpha value is -0.540. The van der Waals surface area contributed by atoms with Gasteiger partial charge in [-0.05, 0) is 19.1 Å². The third kappa shape index (κ3) is 3.39. The Kier molecular flexibility index (Phi) is 3.39. The zero-order valence-electron chi connectivity index (χ0n) is 6.40. The van der Waals surface area contributed by atoms with Crippen LogP contribution in [0.2, 0.25) is 0 Å². The smallest absolute Gasteiger partial charge is 0.0960 e. The topological polar surface area (TPSA) is 33.1 Å². The number of thioether (sulfide) groups is 1. The first-order valence-corrected chi connectivity index (χ1v) is 4.49. The van der Waals surface area contributed by atoms with Crippen LogP contribution in [-0.2, 0) is 0 Å². The average molecular weight is 169 g/mol. The number of rotatable bonds is 3. The third-order valence-electron chi connectivity index (χ3n) is 1.11. The number of hydrogen-bond acceptors (Lipinski definition) is 3. The molecular weight excluding hydrogens is 158 g/mol. The average Bonchev–Trinajstić information content (AvgIpc) is 2.03. The Labute approximate surface area is 70.7 Å². The number of nitrogens with zero attached hydrogens (tertiary/aromatic N) is 1. The zero-order chi connectivity index (χ0) is 8.10. The van der Waals surface area contributed by atoms with Crippen molar-refractivity contribution in [3.63, 3.8) is 0 Å². The highest BCUT2D eigenvalue weighted by molar-refractivity contribution is 7.99. The number of aliphatic hydroxyl groups is 1. The second-order valence-electron chi connectivity index (χ2n) is 2.33. The Morgan fingerprint density at radius 1 is 1.64 bits per heavy atom. The SMILES string of the molecule is C[C@H](O)CSc1ccccn1. The van der Waals surface area contributed by atoms with Crippen molar-refractivity contribution in [2.75, 3.05) is 5.75 Å². The molecule has 1 atom stereocenters. The molecule has 1 aromatic rings. The predicted octanol–water partition coefficient (Wildman–Crippen LogP) is 1.55. The first kappa shape index (κ1) is 8.56. The monoisotopic (exact) mass is 169 g/mol. The van der Waals surface area contributed by atoms with Crippen LogP contribution < -0.4 is 0 Å². The molecule has 0 aromatic carbocycles. The molecule has 0 radical (unpaired) electrons. The van der Waals surface area contributed by atoms with Crippen molar-refractivity contribution < 1.29 is 5.11 Å². The molecule has 0 spiro atoms. The van der Waals surface area contributed by atoms with E-state index in [2.05, 4.69) is 4.98 Å². The summed E-state index contributed by atoms with van der Waals surface area (Å²) >= 11 is 1.57. The molecule has 3 heteroatoms. The summed E-state index contributed by atoms with van der Waals surface area (Å²) in [6.07, 6.45) is 1.49. The molecule has 0 amide bonds. The second-order valence-corrected chi connectivity index (χ2v) is 3.37. The van der Waals surface area contributed by atoms with E-state index in [1.165, 1.54) is 0 Å². The second kappa shape index (κ2) is 4.36. The van der Waals surface area contributed by atoms with Crippen molar-refractivity contribution >= 4 is 11.8 Å². The lowest BCUT2D eigenvalue weighted by atomic mass is 10.5. The van der Waals surface area contributed by atoms with Crippen LogP contribution in [0.4, 0.5) is 0 Å². The van der Waals surface area contributed by atoms with E-state index in [-0.39, 0.29) is 6.10 Å². The summed E-state index contributed by atoms with van der Waals surface area (Å²) in [7, 11) is 0. The third-order valence-corrected chi connectivity index (χ3v) is 2.30. The van der Waals surface area contributed by atoms with Crippen LogP contribution in [0.5, 0.6) is 0 Å². The van der Waals surface area contributed by atoms with Crippen molar-refractivity contribution in [2.24, 2.45) is 0 Å². The molecule has 1 N–H and O–H groups in total. The maximum atomic E-state index is 8.97. The van der Waals surface area contributed by atoms with E-state index in [1.54, 1.807) is 24.9 Å². The molecule has 1 heterocycles. The largest absolute Gasteiger partial charge is 0.393 e. The van der Waals surface area contributed by atoms with Crippen molar-refractivity contribution in [3.05, 3.63) is 24.4 Å². The summed E-state index contributed by atoms with van der Waals surface area (Å²) in [6.45, 7) is 1.77. The van der Waals surface area contributed by atoms with Gasteiger partial charge in [-0.2, -0.15) is 0 Å². The van der Waals surface area contributed by atoms with Gasteiger partial charge in [0.05, 0.1) is 11.1 Å². The fourth-order valence-corrected chi connectivity index (χ4v) is 1.36. The number of aliphatic hydroxyl groups excluding tert-OH is 1. The maximum Gasteiger partial charge on any atom is 0.0960 e. The lowest BCUT2D eigenvalue weighted by molar-refractivity contribution is 0.220.